The van der Waals surface area contributed by atoms with E-state index < -0.39 is 24.1 Å². The van der Waals surface area contributed by atoms with Crippen LogP contribution in [0.4, 0.5) is 0 Å². The Morgan fingerprint density at radius 2 is 1.76 bits per heavy atom. The normalized spacial score (nSPS) is 13.8. The van der Waals surface area contributed by atoms with Gasteiger partial charge in [0.2, 0.25) is 0 Å². The monoisotopic (exact) mass is 307 g/mol. The predicted octanol–water partition coefficient (Wildman–Crippen LogP) is -2.28. The van der Waals surface area contributed by atoms with Gasteiger partial charge in [-0.05, 0) is 19.4 Å². The molecule has 0 aliphatic heterocycles. The molecule has 0 aliphatic carbocycles. The Balaban J connectivity index is 0. The van der Waals surface area contributed by atoms with E-state index in [-0.39, 0.29) is 6.42 Å². The van der Waals surface area contributed by atoms with Crippen molar-refractivity contribution in [2.75, 3.05) is 34.2 Å². The number of carbonyl (C=O) groups excluding carboxylic acids is 1. The largest absolute Gasteiger partial charge is 0.550 e. The number of quaternary nitrogens is 1. The number of aliphatic hydroxyl groups excluding tert-OH is 1. The summed E-state index contributed by atoms with van der Waals surface area (Å²) in [6.07, 6.45) is 1.08. The number of carbonyl (C=O) groups is 2. The molecule has 0 bridgehead atoms. The van der Waals surface area contributed by atoms with Gasteiger partial charge >= 0.3 is 5.97 Å². The third kappa shape index (κ3) is 18.8. The molecule has 0 heterocycles. The van der Waals surface area contributed by atoms with Crippen molar-refractivity contribution in [2.45, 2.75) is 37.8 Å². The van der Waals surface area contributed by atoms with Gasteiger partial charge in [0.05, 0.1) is 21.1 Å². The third-order valence-corrected chi connectivity index (χ3v) is 2.45. The number of aliphatic hydroxyl groups is 1. The van der Waals surface area contributed by atoms with Crippen LogP contribution in [0.5, 0.6) is 0 Å². The summed E-state index contributed by atoms with van der Waals surface area (Å²) in [6, 6.07) is -0.716. The fourth-order valence-corrected chi connectivity index (χ4v) is 1.52. The topological polar surface area (TPSA) is 150 Å². The lowest BCUT2D eigenvalue weighted by Crippen LogP contribution is -2.43. The van der Waals surface area contributed by atoms with Crippen molar-refractivity contribution in [2.24, 2.45) is 11.5 Å². The van der Waals surface area contributed by atoms with E-state index in [4.69, 9.17) is 21.7 Å². The maximum absolute atomic E-state index is 10.1. The summed E-state index contributed by atoms with van der Waals surface area (Å²) >= 11 is 0. The molecule has 0 aliphatic rings. The van der Waals surface area contributed by atoms with Crippen molar-refractivity contribution in [1.82, 2.24) is 0 Å². The summed E-state index contributed by atoms with van der Waals surface area (Å²) in [5.74, 6) is -2.14. The Labute approximate surface area is 125 Å². The van der Waals surface area contributed by atoms with Gasteiger partial charge in [0.1, 0.15) is 18.7 Å². The zero-order valence-corrected chi connectivity index (χ0v) is 13.1. The van der Waals surface area contributed by atoms with Gasteiger partial charge in [0, 0.05) is 12.4 Å². The molecule has 0 rings (SSSR count). The first-order chi connectivity index (χ1) is 9.49. The molecule has 0 fully saturated rings. The molecule has 6 N–H and O–H groups in total. The molecule has 0 aromatic rings. The molecule has 0 aromatic heterocycles. The highest BCUT2D eigenvalue weighted by atomic mass is 16.4. The van der Waals surface area contributed by atoms with E-state index in [0.29, 0.717) is 24.0 Å². The Morgan fingerprint density at radius 3 is 2.10 bits per heavy atom. The van der Waals surface area contributed by atoms with Crippen LogP contribution in [0.1, 0.15) is 25.7 Å². The van der Waals surface area contributed by atoms with Crippen LogP contribution in [0.15, 0.2) is 0 Å². The molecular weight excluding hydrogens is 278 g/mol. The van der Waals surface area contributed by atoms with Gasteiger partial charge < -0.3 is 36.1 Å². The number of aliphatic carboxylic acids is 2. The average molecular weight is 307 g/mol. The minimum Gasteiger partial charge on any atom is -0.550 e. The van der Waals surface area contributed by atoms with Crippen molar-refractivity contribution in [3.8, 4) is 0 Å². The first kappa shape index (κ1) is 22.1. The molecule has 8 heteroatoms. The van der Waals surface area contributed by atoms with E-state index in [1.54, 1.807) is 0 Å². The van der Waals surface area contributed by atoms with Gasteiger partial charge in [-0.15, -0.1) is 0 Å². The second-order valence-electron chi connectivity index (χ2n) is 5.93. The zero-order valence-electron chi connectivity index (χ0n) is 13.1. The van der Waals surface area contributed by atoms with E-state index in [9.17, 15) is 14.7 Å². The number of carboxylic acids is 2. The summed E-state index contributed by atoms with van der Waals surface area (Å²) < 4.78 is 0.550. The number of unbranched alkanes of at least 4 members (excludes halogenated alkanes) is 1. The summed E-state index contributed by atoms with van der Waals surface area (Å²) in [7, 11) is 5.66. The molecule has 0 aromatic carbocycles. The maximum atomic E-state index is 10.1. The predicted molar refractivity (Wildman–Crippen MR) is 77.0 cm³/mol. The highest BCUT2D eigenvalue weighted by Crippen LogP contribution is 1.98. The van der Waals surface area contributed by atoms with Gasteiger partial charge in [-0.1, -0.05) is 6.42 Å². The van der Waals surface area contributed by atoms with Gasteiger partial charge in [0.15, 0.2) is 0 Å². The zero-order chi connectivity index (χ0) is 17.1. The lowest BCUT2D eigenvalue weighted by Gasteiger charge is -2.26. The standard InChI is InChI=1S/C7H15NO3.C6H14N2O2/c1-8(2,3)5-6(9)4-7(10)11;7-4-2-1-3-5(8)6(9)10/h6,9H,4-5H2,1-3H3;5H,1-4,7-8H2,(H,9,10)/t6-;5-/m10/s1. The van der Waals surface area contributed by atoms with Crippen LogP contribution in [0.2, 0.25) is 0 Å². The summed E-state index contributed by atoms with van der Waals surface area (Å²) in [5.41, 5.74) is 10.4. The van der Waals surface area contributed by atoms with Gasteiger partial charge in [0.25, 0.3) is 0 Å². The van der Waals surface area contributed by atoms with E-state index in [1.807, 2.05) is 21.1 Å². The minimum atomic E-state index is -1.20. The fraction of sp³-hybridized carbons (Fsp3) is 0.846. The van der Waals surface area contributed by atoms with E-state index >= 15 is 0 Å². The molecule has 8 nitrogen and oxygen atoms in total. The Bertz CT molecular complexity index is 305. The SMILES string of the molecule is C[N+](C)(C)C[C@H](O)CC(=O)[O-].NCCCC[C@H](N)C(=O)O. The van der Waals surface area contributed by atoms with E-state index in [1.165, 1.54) is 0 Å². The van der Waals surface area contributed by atoms with Gasteiger partial charge in [-0.3, -0.25) is 4.79 Å². The van der Waals surface area contributed by atoms with Crippen molar-refractivity contribution in [1.29, 1.82) is 0 Å². The summed E-state index contributed by atoms with van der Waals surface area (Å²) in [6.45, 7) is 1.03. The molecule has 0 spiro atoms. The average Bonchev–Trinajstić information content (AvgIpc) is 2.25. The Morgan fingerprint density at radius 1 is 1.24 bits per heavy atom. The van der Waals surface area contributed by atoms with Crippen molar-refractivity contribution in [3.63, 3.8) is 0 Å². The Hall–Kier alpha value is -1.22. The van der Waals surface area contributed by atoms with Crippen LogP contribution in [-0.2, 0) is 9.59 Å². The number of hydrogen-bond acceptors (Lipinski definition) is 6. The molecular formula is C13H29N3O5. The second-order valence-corrected chi connectivity index (χ2v) is 5.93. The van der Waals surface area contributed by atoms with Crippen LogP contribution in [0.3, 0.4) is 0 Å². The lowest BCUT2D eigenvalue weighted by atomic mass is 10.1. The minimum absolute atomic E-state index is 0.282. The van der Waals surface area contributed by atoms with Crippen molar-refractivity contribution < 1.29 is 29.4 Å². The van der Waals surface area contributed by atoms with Crippen molar-refractivity contribution in [3.05, 3.63) is 0 Å². The molecule has 0 unspecified atom stereocenters. The molecule has 21 heavy (non-hydrogen) atoms. The first-order valence-corrected chi connectivity index (χ1v) is 6.86. The van der Waals surface area contributed by atoms with Crippen LogP contribution in [0, 0.1) is 0 Å². The van der Waals surface area contributed by atoms with Gasteiger partial charge in [-0.2, -0.15) is 0 Å². The van der Waals surface area contributed by atoms with Crippen LogP contribution < -0.4 is 16.6 Å². The Kier molecular flexibility index (Phi) is 12.0. The number of nitrogens with two attached hydrogens (primary N) is 2. The van der Waals surface area contributed by atoms with Gasteiger partial charge in [-0.25, -0.2) is 0 Å². The molecule has 126 valence electrons. The molecule has 2 atom stereocenters. The van der Waals surface area contributed by atoms with E-state index in [0.717, 1.165) is 12.8 Å². The molecule has 0 amide bonds. The van der Waals surface area contributed by atoms with E-state index in [2.05, 4.69) is 0 Å². The number of nitrogens with zero attached hydrogens (tertiary/aromatic N) is 1. The number of rotatable bonds is 9. The maximum Gasteiger partial charge on any atom is 0.320 e. The molecule has 0 saturated heterocycles. The van der Waals surface area contributed by atoms with Crippen molar-refractivity contribution >= 4 is 11.9 Å². The highest BCUT2D eigenvalue weighted by molar-refractivity contribution is 5.72. The molecule has 0 radical (unpaired) electrons. The van der Waals surface area contributed by atoms with Crippen LogP contribution in [0.25, 0.3) is 0 Å². The number of hydrogen-bond donors (Lipinski definition) is 4. The summed E-state index contributed by atoms with van der Waals surface area (Å²) in [4.78, 5) is 20.2. The highest BCUT2D eigenvalue weighted by Gasteiger charge is 2.14. The first-order valence-electron chi connectivity index (χ1n) is 6.86. The lowest BCUT2D eigenvalue weighted by molar-refractivity contribution is -0.873. The number of carboxylic acid groups (broad SMARTS) is 2. The molecule has 0 saturated carbocycles. The summed E-state index contributed by atoms with van der Waals surface area (Å²) in [5, 5.41) is 27.5. The fourth-order valence-electron chi connectivity index (χ4n) is 1.52. The van der Waals surface area contributed by atoms with Crippen LogP contribution in [-0.4, -0.2) is 73.0 Å². The second kappa shape index (κ2) is 11.4. The smallest absolute Gasteiger partial charge is 0.320 e. The quantitative estimate of drug-likeness (QED) is 0.277. The third-order valence-electron chi connectivity index (χ3n) is 2.45. The number of likely N-dealkylation sites (N-methyl/N-ethyl adjacent to an activating group) is 1. The van der Waals surface area contributed by atoms with Crippen LogP contribution >= 0.6 is 0 Å².